The number of carbonyl (C=O) groups is 1. The normalized spacial score (nSPS) is 18.9. The minimum Gasteiger partial charge on any atom is -0.481 e. The van der Waals surface area contributed by atoms with Gasteiger partial charge in [0, 0.05) is 11.1 Å². The number of alkyl halides is 4. The number of rotatable bonds is 3. The van der Waals surface area contributed by atoms with Crippen molar-refractivity contribution in [1.82, 2.24) is 0 Å². The number of benzene rings is 1. The molecule has 0 unspecified atom stereocenters. The van der Waals surface area contributed by atoms with E-state index in [4.69, 9.17) is 16.7 Å². The van der Waals surface area contributed by atoms with E-state index >= 15 is 0 Å². The monoisotopic (exact) mass is 342 g/mol. The molecule has 1 N–H and O–H groups in total. The van der Waals surface area contributed by atoms with Crippen molar-refractivity contribution in [3.8, 4) is 11.5 Å². The summed E-state index contributed by atoms with van der Waals surface area (Å²) in [7, 11) is 0. The maximum atomic E-state index is 13.1. The molecular formula is C13H11ClF4O4. The summed E-state index contributed by atoms with van der Waals surface area (Å²) in [6.07, 6.45) is -9.78. The van der Waals surface area contributed by atoms with E-state index in [1.54, 1.807) is 0 Å². The Morgan fingerprint density at radius 2 is 1.64 bits per heavy atom. The van der Waals surface area contributed by atoms with Crippen LogP contribution in [-0.2, 0) is 11.2 Å². The van der Waals surface area contributed by atoms with Gasteiger partial charge in [0.15, 0.2) is 11.5 Å². The number of hydrogen-bond donors (Lipinski definition) is 1. The van der Waals surface area contributed by atoms with E-state index < -0.39 is 35.1 Å². The van der Waals surface area contributed by atoms with Gasteiger partial charge < -0.3 is 14.6 Å². The highest BCUT2D eigenvalue weighted by Crippen LogP contribution is 2.48. The molecule has 2 rings (SSSR count). The highest BCUT2D eigenvalue weighted by Gasteiger charge is 2.66. The van der Waals surface area contributed by atoms with Crippen LogP contribution in [-0.4, -0.2) is 23.3 Å². The van der Waals surface area contributed by atoms with Gasteiger partial charge in [-0.05, 0) is 31.9 Å². The number of hydrogen-bond acceptors (Lipinski definition) is 3. The molecule has 9 heteroatoms. The maximum Gasteiger partial charge on any atom is 0.507 e. The Bertz CT molecular complexity index is 631. The van der Waals surface area contributed by atoms with E-state index in [1.165, 1.54) is 13.8 Å². The van der Waals surface area contributed by atoms with E-state index in [0.717, 1.165) is 12.1 Å². The van der Waals surface area contributed by atoms with Crippen molar-refractivity contribution < 1.29 is 36.9 Å². The van der Waals surface area contributed by atoms with E-state index in [0.29, 0.717) is 0 Å². The van der Waals surface area contributed by atoms with Crippen molar-refractivity contribution >= 4 is 17.6 Å². The van der Waals surface area contributed by atoms with Gasteiger partial charge in [-0.2, -0.15) is 17.6 Å². The summed E-state index contributed by atoms with van der Waals surface area (Å²) in [5.41, 5.74) is -1.07. The predicted octanol–water partition coefficient (Wildman–Crippen LogP) is 3.95. The first kappa shape index (κ1) is 16.7. The molecule has 0 aromatic heterocycles. The second-order valence-corrected chi connectivity index (χ2v) is 5.90. The largest absolute Gasteiger partial charge is 0.507 e. The molecule has 0 saturated heterocycles. The van der Waals surface area contributed by atoms with Gasteiger partial charge >= 0.3 is 18.2 Å². The Morgan fingerprint density at radius 3 is 2.09 bits per heavy atom. The highest BCUT2D eigenvalue weighted by atomic mass is 35.5. The lowest BCUT2D eigenvalue weighted by atomic mass is 9.86. The van der Waals surface area contributed by atoms with Crippen LogP contribution >= 0.6 is 11.6 Å². The fraction of sp³-hybridized carbons (Fsp3) is 0.462. The highest BCUT2D eigenvalue weighted by molar-refractivity contribution is 6.31. The van der Waals surface area contributed by atoms with Gasteiger partial charge in [-0.1, -0.05) is 11.6 Å². The third-order valence-electron chi connectivity index (χ3n) is 3.14. The molecule has 0 aliphatic carbocycles. The van der Waals surface area contributed by atoms with Crippen LogP contribution < -0.4 is 9.47 Å². The van der Waals surface area contributed by atoms with E-state index in [2.05, 4.69) is 9.47 Å². The lowest BCUT2D eigenvalue weighted by molar-refractivity contribution is -0.391. The van der Waals surface area contributed by atoms with Crippen LogP contribution in [0.5, 0.6) is 11.5 Å². The molecule has 0 saturated carbocycles. The zero-order valence-corrected chi connectivity index (χ0v) is 12.2. The number of fused-ring (bicyclic) bond motifs is 1. The number of carboxylic acids is 1. The summed E-state index contributed by atoms with van der Waals surface area (Å²) >= 11 is 5.88. The number of aliphatic carboxylic acids is 1. The molecule has 0 spiro atoms. The summed E-state index contributed by atoms with van der Waals surface area (Å²) in [5.74, 6) is -2.40. The molecule has 1 heterocycles. The Hall–Kier alpha value is -1.70. The average Bonchev–Trinajstić information content (AvgIpc) is 2.32. The van der Waals surface area contributed by atoms with Gasteiger partial charge in [0.2, 0.25) is 0 Å². The smallest absolute Gasteiger partial charge is 0.481 e. The van der Waals surface area contributed by atoms with Crippen LogP contribution in [0, 0.1) is 5.41 Å². The standard InChI is InChI=1S/C13H11ClF4O4/c1-11(2,10(19)20)5-6-3-8-9(4-7(6)14)22-13(17,18)12(15,16)21-8/h3-4H,5H2,1-2H3,(H,19,20). The SMILES string of the molecule is CC(C)(Cc1cc2c(cc1Cl)OC(F)(F)C(F)(F)O2)C(=O)O. The number of ether oxygens (including phenoxy) is 2. The summed E-state index contributed by atoms with van der Waals surface area (Å²) in [4.78, 5) is 11.1. The van der Waals surface area contributed by atoms with Crippen LogP contribution in [0.1, 0.15) is 19.4 Å². The minimum absolute atomic E-state index is 0.0855. The van der Waals surface area contributed by atoms with Gasteiger partial charge in [0.05, 0.1) is 5.41 Å². The van der Waals surface area contributed by atoms with Crippen LogP contribution in [0.25, 0.3) is 0 Å². The molecule has 1 aromatic carbocycles. The maximum absolute atomic E-state index is 13.1. The second-order valence-electron chi connectivity index (χ2n) is 5.49. The molecular weight excluding hydrogens is 332 g/mol. The molecule has 0 fully saturated rings. The quantitative estimate of drug-likeness (QED) is 0.845. The van der Waals surface area contributed by atoms with Crippen molar-refractivity contribution in [2.45, 2.75) is 32.5 Å². The summed E-state index contributed by atoms with van der Waals surface area (Å²) in [6.45, 7) is 2.82. The minimum atomic E-state index is -4.84. The Morgan fingerprint density at radius 1 is 1.18 bits per heavy atom. The fourth-order valence-corrected chi connectivity index (χ4v) is 2.04. The van der Waals surface area contributed by atoms with Crippen molar-refractivity contribution in [1.29, 1.82) is 0 Å². The first-order valence-electron chi connectivity index (χ1n) is 6.05. The van der Waals surface area contributed by atoms with E-state index in [1.807, 2.05) is 0 Å². The Labute approximate surface area is 127 Å². The zero-order valence-electron chi connectivity index (χ0n) is 11.4. The van der Waals surface area contributed by atoms with Gasteiger partial charge in [0.1, 0.15) is 0 Å². The van der Waals surface area contributed by atoms with E-state index in [-0.39, 0.29) is 17.0 Å². The van der Waals surface area contributed by atoms with E-state index in [9.17, 15) is 22.4 Å². The van der Waals surface area contributed by atoms with Gasteiger partial charge in [-0.25, -0.2) is 0 Å². The molecule has 0 amide bonds. The molecule has 1 aliphatic rings. The van der Waals surface area contributed by atoms with Crippen molar-refractivity contribution in [2.24, 2.45) is 5.41 Å². The van der Waals surface area contributed by atoms with Crippen molar-refractivity contribution in [2.75, 3.05) is 0 Å². The van der Waals surface area contributed by atoms with Crippen LogP contribution in [0.2, 0.25) is 5.02 Å². The number of halogens is 5. The molecule has 4 nitrogen and oxygen atoms in total. The predicted molar refractivity (Wildman–Crippen MR) is 67.7 cm³/mol. The molecule has 0 radical (unpaired) electrons. The van der Waals surface area contributed by atoms with Crippen LogP contribution in [0.4, 0.5) is 17.6 Å². The Balaban J connectivity index is 2.42. The van der Waals surface area contributed by atoms with Gasteiger partial charge in [0.25, 0.3) is 0 Å². The molecule has 1 aliphatic heterocycles. The molecule has 0 atom stereocenters. The zero-order chi connectivity index (χ0) is 16.9. The number of carboxylic acid groups (broad SMARTS) is 1. The average molecular weight is 343 g/mol. The first-order valence-corrected chi connectivity index (χ1v) is 6.43. The summed E-state index contributed by atoms with van der Waals surface area (Å²) in [5, 5.41) is 8.98. The first-order chi connectivity index (χ1) is 9.86. The van der Waals surface area contributed by atoms with Gasteiger partial charge in [-0.15, -0.1) is 0 Å². The van der Waals surface area contributed by atoms with Crippen molar-refractivity contribution in [3.05, 3.63) is 22.7 Å². The third-order valence-corrected chi connectivity index (χ3v) is 3.49. The van der Waals surface area contributed by atoms with Gasteiger partial charge in [-0.3, -0.25) is 4.79 Å². The molecule has 0 bridgehead atoms. The fourth-order valence-electron chi connectivity index (χ4n) is 1.82. The topological polar surface area (TPSA) is 55.8 Å². The molecule has 1 aromatic rings. The lowest BCUT2D eigenvalue weighted by Crippen LogP contribution is -2.52. The summed E-state index contributed by atoms with van der Waals surface area (Å²) in [6, 6.07) is 1.87. The van der Waals surface area contributed by atoms with Crippen LogP contribution in [0.3, 0.4) is 0 Å². The molecule has 22 heavy (non-hydrogen) atoms. The van der Waals surface area contributed by atoms with Crippen LogP contribution in [0.15, 0.2) is 12.1 Å². The lowest BCUT2D eigenvalue weighted by Gasteiger charge is -2.32. The Kier molecular flexibility index (Phi) is 3.72. The summed E-state index contributed by atoms with van der Waals surface area (Å²) < 4.78 is 60.3. The second kappa shape index (κ2) is 4.91. The third kappa shape index (κ3) is 2.79. The van der Waals surface area contributed by atoms with Crippen molar-refractivity contribution in [3.63, 3.8) is 0 Å². The molecule has 122 valence electrons.